The average molecular weight is 245 g/mol. The monoisotopic (exact) mass is 245 g/mol. The van der Waals surface area contributed by atoms with Crippen molar-refractivity contribution < 1.29 is 4.79 Å². The Kier molecular flexibility index (Phi) is 5.25. The summed E-state index contributed by atoms with van der Waals surface area (Å²) in [6.45, 7) is 1.10. The molecular formula is C16H23NO. The second-order valence-electron chi connectivity index (χ2n) is 5.29. The smallest absolute Gasteiger partial charge is 0.120 e. The Morgan fingerprint density at radius 2 is 1.83 bits per heavy atom. The lowest BCUT2D eigenvalue weighted by atomic mass is 9.89. The molecule has 2 heteroatoms. The predicted molar refractivity (Wildman–Crippen MR) is 75.9 cm³/mol. The number of aldehydes is 1. The van der Waals surface area contributed by atoms with E-state index in [1.54, 1.807) is 0 Å². The fraction of sp³-hybridized carbons (Fsp3) is 0.562. The number of carbonyl (C=O) groups is 1. The summed E-state index contributed by atoms with van der Waals surface area (Å²) < 4.78 is 0. The van der Waals surface area contributed by atoms with Gasteiger partial charge in [-0.05, 0) is 42.9 Å². The number of aryl methyl sites for hydroxylation is 1. The molecule has 1 aliphatic carbocycles. The van der Waals surface area contributed by atoms with Crippen molar-refractivity contribution in [2.75, 3.05) is 11.9 Å². The molecule has 0 aliphatic heterocycles. The van der Waals surface area contributed by atoms with Gasteiger partial charge in [-0.2, -0.15) is 0 Å². The Hall–Kier alpha value is -1.31. The Morgan fingerprint density at radius 3 is 2.50 bits per heavy atom. The molecule has 2 nitrogen and oxygen atoms in total. The summed E-state index contributed by atoms with van der Waals surface area (Å²) in [6, 6.07) is 8.49. The summed E-state index contributed by atoms with van der Waals surface area (Å²) in [5.74, 6) is 0.855. The molecule has 1 aromatic carbocycles. The van der Waals surface area contributed by atoms with Crippen molar-refractivity contribution in [1.82, 2.24) is 0 Å². The van der Waals surface area contributed by atoms with Crippen molar-refractivity contribution >= 4 is 12.0 Å². The fourth-order valence-corrected chi connectivity index (χ4v) is 2.67. The third-order valence-corrected chi connectivity index (χ3v) is 3.82. The van der Waals surface area contributed by atoms with E-state index >= 15 is 0 Å². The van der Waals surface area contributed by atoms with Gasteiger partial charge in [-0.25, -0.2) is 0 Å². The van der Waals surface area contributed by atoms with Gasteiger partial charge in [0.1, 0.15) is 6.29 Å². The van der Waals surface area contributed by atoms with Gasteiger partial charge in [0, 0.05) is 18.7 Å². The van der Waals surface area contributed by atoms with Crippen molar-refractivity contribution in [3.8, 4) is 0 Å². The SMILES string of the molecule is O=CCCc1ccc(NCC2CCCCC2)cc1. The van der Waals surface area contributed by atoms with E-state index in [1.165, 1.54) is 43.4 Å². The summed E-state index contributed by atoms with van der Waals surface area (Å²) in [6.07, 6.45) is 9.43. The van der Waals surface area contributed by atoms with Crippen LogP contribution in [-0.4, -0.2) is 12.8 Å². The minimum absolute atomic E-state index is 0.620. The molecule has 18 heavy (non-hydrogen) atoms. The number of carbonyl (C=O) groups excluding carboxylic acids is 1. The highest BCUT2D eigenvalue weighted by molar-refractivity contribution is 5.51. The van der Waals surface area contributed by atoms with Gasteiger partial charge in [-0.3, -0.25) is 0 Å². The van der Waals surface area contributed by atoms with Crippen LogP contribution in [0.5, 0.6) is 0 Å². The van der Waals surface area contributed by atoms with E-state index in [0.29, 0.717) is 6.42 Å². The number of nitrogens with one attached hydrogen (secondary N) is 1. The largest absolute Gasteiger partial charge is 0.385 e. The van der Waals surface area contributed by atoms with Crippen LogP contribution in [0.3, 0.4) is 0 Å². The van der Waals surface area contributed by atoms with E-state index in [1.807, 2.05) is 0 Å². The number of hydrogen-bond donors (Lipinski definition) is 1. The van der Waals surface area contributed by atoms with Crippen molar-refractivity contribution in [3.05, 3.63) is 29.8 Å². The highest BCUT2D eigenvalue weighted by atomic mass is 16.1. The predicted octanol–water partition coefficient (Wildman–Crippen LogP) is 3.81. The molecule has 1 aliphatic rings. The van der Waals surface area contributed by atoms with Gasteiger partial charge in [-0.1, -0.05) is 31.4 Å². The maximum absolute atomic E-state index is 10.3. The van der Waals surface area contributed by atoms with Crippen LogP contribution in [0.15, 0.2) is 24.3 Å². The summed E-state index contributed by atoms with van der Waals surface area (Å²) in [4.78, 5) is 10.3. The van der Waals surface area contributed by atoms with Crippen molar-refractivity contribution in [3.63, 3.8) is 0 Å². The van der Waals surface area contributed by atoms with Crippen LogP contribution in [0.1, 0.15) is 44.1 Å². The molecule has 0 unspecified atom stereocenters. The van der Waals surface area contributed by atoms with Gasteiger partial charge in [0.15, 0.2) is 0 Å². The van der Waals surface area contributed by atoms with Crippen molar-refractivity contribution in [1.29, 1.82) is 0 Å². The van der Waals surface area contributed by atoms with E-state index in [4.69, 9.17) is 0 Å². The van der Waals surface area contributed by atoms with Crippen LogP contribution in [0, 0.1) is 5.92 Å². The average Bonchev–Trinajstić information content (AvgIpc) is 2.45. The van der Waals surface area contributed by atoms with E-state index in [-0.39, 0.29) is 0 Å². The highest BCUT2D eigenvalue weighted by Crippen LogP contribution is 2.24. The second kappa shape index (κ2) is 7.20. The molecule has 0 heterocycles. The van der Waals surface area contributed by atoms with Gasteiger partial charge in [0.05, 0.1) is 0 Å². The lowest BCUT2D eigenvalue weighted by Crippen LogP contribution is -2.17. The first-order valence-corrected chi connectivity index (χ1v) is 7.15. The topological polar surface area (TPSA) is 29.1 Å². The van der Waals surface area contributed by atoms with Gasteiger partial charge in [0.2, 0.25) is 0 Å². The number of rotatable bonds is 6. The van der Waals surface area contributed by atoms with E-state index in [2.05, 4.69) is 29.6 Å². The number of anilines is 1. The van der Waals surface area contributed by atoms with Crippen molar-refractivity contribution in [2.24, 2.45) is 5.92 Å². The Bertz CT molecular complexity index is 352. The minimum Gasteiger partial charge on any atom is -0.385 e. The summed E-state index contributed by atoms with van der Waals surface area (Å²) >= 11 is 0. The molecule has 1 saturated carbocycles. The summed E-state index contributed by atoms with van der Waals surface area (Å²) in [7, 11) is 0. The Morgan fingerprint density at radius 1 is 1.11 bits per heavy atom. The van der Waals surface area contributed by atoms with Crippen LogP contribution < -0.4 is 5.32 Å². The maximum atomic E-state index is 10.3. The van der Waals surface area contributed by atoms with E-state index < -0.39 is 0 Å². The lowest BCUT2D eigenvalue weighted by molar-refractivity contribution is -0.107. The molecule has 0 bridgehead atoms. The van der Waals surface area contributed by atoms with Crippen LogP contribution in [0.2, 0.25) is 0 Å². The highest BCUT2D eigenvalue weighted by Gasteiger charge is 2.12. The van der Waals surface area contributed by atoms with Crippen LogP contribution in [0.4, 0.5) is 5.69 Å². The molecular weight excluding hydrogens is 222 g/mol. The first-order chi connectivity index (χ1) is 8.88. The molecule has 0 aromatic heterocycles. The van der Waals surface area contributed by atoms with Gasteiger partial charge in [0.25, 0.3) is 0 Å². The van der Waals surface area contributed by atoms with Crippen LogP contribution in [-0.2, 0) is 11.2 Å². The quantitative estimate of drug-likeness (QED) is 0.772. The minimum atomic E-state index is 0.620. The number of hydrogen-bond acceptors (Lipinski definition) is 2. The lowest BCUT2D eigenvalue weighted by Gasteiger charge is -2.22. The van der Waals surface area contributed by atoms with Crippen LogP contribution in [0.25, 0.3) is 0 Å². The zero-order valence-electron chi connectivity index (χ0n) is 11.0. The first-order valence-electron chi connectivity index (χ1n) is 7.15. The molecule has 0 radical (unpaired) electrons. The first kappa shape index (κ1) is 13.1. The number of benzene rings is 1. The molecule has 1 aromatic rings. The van der Waals surface area contributed by atoms with Gasteiger partial charge >= 0.3 is 0 Å². The van der Waals surface area contributed by atoms with Crippen molar-refractivity contribution in [2.45, 2.75) is 44.9 Å². The molecule has 0 spiro atoms. The molecule has 0 saturated heterocycles. The normalized spacial score (nSPS) is 16.4. The maximum Gasteiger partial charge on any atom is 0.120 e. The second-order valence-corrected chi connectivity index (χ2v) is 5.29. The zero-order valence-corrected chi connectivity index (χ0v) is 11.0. The van der Waals surface area contributed by atoms with Gasteiger partial charge < -0.3 is 10.1 Å². The standard InChI is InChI=1S/C16H23NO/c18-12-4-7-14-8-10-16(11-9-14)17-13-15-5-2-1-3-6-15/h8-12,15,17H,1-7,13H2. The molecule has 2 rings (SSSR count). The third-order valence-electron chi connectivity index (χ3n) is 3.82. The Labute approximate surface area is 110 Å². The van der Waals surface area contributed by atoms with Gasteiger partial charge in [-0.15, -0.1) is 0 Å². The molecule has 1 N–H and O–H groups in total. The van der Waals surface area contributed by atoms with E-state index in [9.17, 15) is 4.79 Å². The van der Waals surface area contributed by atoms with E-state index in [0.717, 1.165) is 25.2 Å². The molecule has 0 atom stereocenters. The van der Waals surface area contributed by atoms with Crippen LogP contribution >= 0.6 is 0 Å². The fourth-order valence-electron chi connectivity index (χ4n) is 2.67. The summed E-state index contributed by atoms with van der Waals surface area (Å²) in [5.41, 5.74) is 2.45. The third kappa shape index (κ3) is 4.17. The zero-order chi connectivity index (χ0) is 12.6. The summed E-state index contributed by atoms with van der Waals surface area (Å²) in [5, 5.41) is 3.53. The molecule has 98 valence electrons. The Balaban J connectivity index is 1.76. The molecule has 0 amide bonds. The molecule has 1 fully saturated rings.